The summed E-state index contributed by atoms with van der Waals surface area (Å²) < 4.78 is 29.3. The van der Waals surface area contributed by atoms with Crippen molar-refractivity contribution in [3.63, 3.8) is 0 Å². The van der Waals surface area contributed by atoms with Gasteiger partial charge in [0.2, 0.25) is 0 Å². The van der Waals surface area contributed by atoms with Gasteiger partial charge in [-0.3, -0.25) is 9.82 Å². The van der Waals surface area contributed by atoms with Crippen LogP contribution in [-0.2, 0) is 10.0 Å². The zero-order chi connectivity index (χ0) is 15.7. The molecule has 0 amide bonds. The normalized spacial score (nSPS) is 11.5. The van der Waals surface area contributed by atoms with E-state index in [1.807, 2.05) is 22.9 Å². The molecule has 0 fully saturated rings. The van der Waals surface area contributed by atoms with Crippen molar-refractivity contribution >= 4 is 15.7 Å². The number of aromatic nitrogens is 4. The molecular formula is C14H15N5O2S. The molecule has 0 atom stereocenters. The molecule has 2 heterocycles. The highest BCUT2D eigenvalue weighted by molar-refractivity contribution is 7.92. The van der Waals surface area contributed by atoms with Crippen LogP contribution in [0.4, 0.5) is 5.69 Å². The van der Waals surface area contributed by atoms with Gasteiger partial charge in [-0.2, -0.15) is 5.10 Å². The number of sulfonamides is 1. The van der Waals surface area contributed by atoms with E-state index in [4.69, 9.17) is 0 Å². The van der Waals surface area contributed by atoms with Gasteiger partial charge in [0.25, 0.3) is 10.0 Å². The van der Waals surface area contributed by atoms with Crippen LogP contribution in [0.3, 0.4) is 0 Å². The lowest BCUT2D eigenvalue weighted by Crippen LogP contribution is -2.14. The molecule has 0 aliphatic carbocycles. The Hall–Kier alpha value is -2.61. The van der Waals surface area contributed by atoms with Crippen molar-refractivity contribution in [1.82, 2.24) is 19.7 Å². The van der Waals surface area contributed by atoms with Crippen molar-refractivity contribution in [2.45, 2.75) is 18.7 Å². The predicted molar refractivity (Wildman–Crippen MR) is 82.4 cm³/mol. The van der Waals surface area contributed by atoms with Gasteiger partial charge in [-0.1, -0.05) is 0 Å². The number of anilines is 1. The lowest BCUT2D eigenvalue weighted by atomic mass is 10.3. The minimum Gasteiger partial charge on any atom is -0.306 e. The smallest absolute Gasteiger partial charge is 0.265 e. The number of H-pyrrole nitrogens is 1. The number of aromatic amines is 1. The van der Waals surface area contributed by atoms with Crippen LogP contribution in [0.25, 0.3) is 5.69 Å². The van der Waals surface area contributed by atoms with E-state index in [-0.39, 0.29) is 4.90 Å². The molecule has 3 rings (SSSR count). The Kier molecular flexibility index (Phi) is 3.45. The van der Waals surface area contributed by atoms with Crippen LogP contribution in [0.5, 0.6) is 0 Å². The Morgan fingerprint density at radius 3 is 2.45 bits per heavy atom. The van der Waals surface area contributed by atoms with Crippen molar-refractivity contribution < 1.29 is 8.42 Å². The van der Waals surface area contributed by atoms with Crippen molar-refractivity contribution in [2.75, 3.05) is 4.72 Å². The standard InChI is InChI=1S/C14H15N5O2S/c1-10-14(11(2)17-16-10)22(20,21)18-12-3-5-13(6-4-12)19-8-7-15-9-19/h3-9,18H,1-2H3,(H,16,17). The number of nitrogens with zero attached hydrogens (tertiary/aromatic N) is 3. The Labute approximate surface area is 128 Å². The van der Waals surface area contributed by atoms with Crippen molar-refractivity contribution in [3.05, 3.63) is 54.4 Å². The maximum absolute atomic E-state index is 12.4. The average Bonchev–Trinajstić information content (AvgIpc) is 3.09. The molecule has 0 aliphatic rings. The molecule has 7 nitrogen and oxygen atoms in total. The van der Waals surface area contributed by atoms with Crippen LogP contribution in [0.15, 0.2) is 47.9 Å². The van der Waals surface area contributed by atoms with Gasteiger partial charge in [-0.05, 0) is 38.1 Å². The molecule has 3 aromatic rings. The molecule has 8 heteroatoms. The molecule has 0 saturated carbocycles. The highest BCUT2D eigenvalue weighted by Crippen LogP contribution is 2.21. The highest BCUT2D eigenvalue weighted by atomic mass is 32.2. The van der Waals surface area contributed by atoms with Gasteiger partial charge in [-0.15, -0.1) is 0 Å². The first-order valence-corrected chi connectivity index (χ1v) is 8.08. The van der Waals surface area contributed by atoms with E-state index in [9.17, 15) is 8.42 Å². The van der Waals surface area contributed by atoms with E-state index in [2.05, 4.69) is 19.9 Å². The van der Waals surface area contributed by atoms with E-state index in [0.29, 0.717) is 17.1 Å². The maximum Gasteiger partial charge on any atom is 0.265 e. The quantitative estimate of drug-likeness (QED) is 0.770. The van der Waals surface area contributed by atoms with Crippen LogP contribution >= 0.6 is 0 Å². The van der Waals surface area contributed by atoms with E-state index >= 15 is 0 Å². The predicted octanol–water partition coefficient (Wildman–Crippen LogP) is 2.01. The number of imidazole rings is 1. The third-order valence-electron chi connectivity index (χ3n) is 3.25. The van der Waals surface area contributed by atoms with Crippen molar-refractivity contribution in [2.24, 2.45) is 0 Å². The molecule has 0 bridgehead atoms. The van der Waals surface area contributed by atoms with Gasteiger partial charge >= 0.3 is 0 Å². The number of nitrogens with one attached hydrogen (secondary N) is 2. The summed E-state index contributed by atoms with van der Waals surface area (Å²) in [5.41, 5.74) is 2.35. The second kappa shape index (κ2) is 5.30. The van der Waals surface area contributed by atoms with Gasteiger partial charge in [0.15, 0.2) is 0 Å². The summed E-state index contributed by atoms with van der Waals surface area (Å²) in [6.07, 6.45) is 5.18. The molecule has 1 aromatic carbocycles. The lowest BCUT2D eigenvalue weighted by Gasteiger charge is -2.09. The molecule has 114 valence electrons. The summed E-state index contributed by atoms with van der Waals surface area (Å²) in [6, 6.07) is 7.04. The summed E-state index contributed by atoms with van der Waals surface area (Å²) in [7, 11) is -3.66. The minimum absolute atomic E-state index is 0.186. The van der Waals surface area contributed by atoms with E-state index in [0.717, 1.165) is 5.69 Å². The SMILES string of the molecule is Cc1n[nH]c(C)c1S(=O)(=O)Nc1ccc(-n2ccnc2)cc1. The van der Waals surface area contributed by atoms with Crippen LogP contribution in [-0.4, -0.2) is 28.2 Å². The van der Waals surface area contributed by atoms with E-state index < -0.39 is 10.0 Å². The molecule has 0 unspecified atom stereocenters. The van der Waals surface area contributed by atoms with Gasteiger partial charge < -0.3 is 4.57 Å². The molecule has 22 heavy (non-hydrogen) atoms. The number of hydrogen-bond donors (Lipinski definition) is 2. The van der Waals surface area contributed by atoms with Crippen molar-refractivity contribution in [1.29, 1.82) is 0 Å². The third kappa shape index (κ3) is 2.60. The average molecular weight is 317 g/mol. The fourth-order valence-electron chi connectivity index (χ4n) is 2.26. The molecule has 0 saturated heterocycles. The summed E-state index contributed by atoms with van der Waals surface area (Å²) in [5.74, 6) is 0. The maximum atomic E-state index is 12.4. The topological polar surface area (TPSA) is 92.7 Å². The van der Waals surface area contributed by atoms with Crippen LogP contribution < -0.4 is 4.72 Å². The number of hydrogen-bond acceptors (Lipinski definition) is 4. The summed E-state index contributed by atoms with van der Waals surface area (Å²) in [6.45, 7) is 3.33. The summed E-state index contributed by atoms with van der Waals surface area (Å²) in [5, 5.41) is 6.59. The zero-order valence-corrected chi connectivity index (χ0v) is 12.9. The number of benzene rings is 1. The first-order chi connectivity index (χ1) is 10.5. The zero-order valence-electron chi connectivity index (χ0n) is 12.1. The van der Waals surface area contributed by atoms with Crippen molar-refractivity contribution in [3.8, 4) is 5.69 Å². The first-order valence-electron chi connectivity index (χ1n) is 6.60. The van der Waals surface area contributed by atoms with Gasteiger partial charge in [-0.25, -0.2) is 13.4 Å². The fourth-order valence-corrected chi connectivity index (χ4v) is 3.69. The first kappa shape index (κ1) is 14.3. The summed E-state index contributed by atoms with van der Waals surface area (Å²) in [4.78, 5) is 4.16. The Morgan fingerprint density at radius 2 is 1.91 bits per heavy atom. The molecule has 0 spiro atoms. The van der Waals surface area contributed by atoms with Crippen LogP contribution in [0, 0.1) is 13.8 Å². The lowest BCUT2D eigenvalue weighted by molar-refractivity contribution is 0.600. The third-order valence-corrected chi connectivity index (χ3v) is 4.89. The Balaban J connectivity index is 1.87. The second-order valence-electron chi connectivity index (χ2n) is 4.89. The van der Waals surface area contributed by atoms with Gasteiger partial charge in [0.05, 0.1) is 17.7 Å². The summed E-state index contributed by atoms with van der Waals surface area (Å²) >= 11 is 0. The van der Waals surface area contributed by atoms with Gasteiger partial charge in [0, 0.05) is 23.8 Å². The Morgan fingerprint density at radius 1 is 1.18 bits per heavy atom. The van der Waals surface area contributed by atoms with Gasteiger partial charge in [0.1, 0.15) is 4.90 Å². The molecular weight excluding hydrogens is 302 g/mol. The minimum atomic E-state index is -3.66. The van der Waals surface area contributed by atoms with E-state index in [1.165, 1.54) is 0 Å². The van der Waals surface area contributed by atoms with Crippen LogP contribution in [0.2, 0.25) is 0 Å². The largest absolute Gasteiger partial charge is 0.306 e. The van der Waals surface area contributed by atoms with E-state index in [1.54, 1.807) is 38.5 Å². The molecule has 0 radical (unpaired) electrons. The molecule has 0 aliphatic heterocycles. The van der Waals surface area contributed by atoms with Crippen LogP contribution in [0.1, 0.15) is 11.4 Å². The monoisotopic (exact) mass is 317 g/mol. The Bertz CT molecular complexity index is 860. The second-order valence-corrected chi connectivity index (χ2v) is 6.50. The fraction of sp³-hybridized carbons (Fsp3) is 0.143. The molecule has 2 N–H and O–H groups in total. The number of rotatable bonds is 4. The number of aryl methyl sites for hydroxylation is 2. The highest BCUT2D eigenvalue weighted by Gasteiger charge is 2.22. The molecule has 2 aromatic heterocycles.